The number of nitrogens with one attached hydrogen (secondary N) is 1. The molecule has 1 saturated heterocycles. The standard InChI is InChI=1S/C16H22F2N2O/c1-11-14(8-17)20(10-13-6-4-3-5-7-13)15(16(11)18)9-19-12(2)21/h3-7,11,14-16H,8-10H2,1-2H3,(H,19,21)/t11-,14-,15-,16-/m1/s1. The van der Waals surface area contributed by atoms with Crippen LogP contribution in [-0.2, 0) is 11.3 Å². The van der Waals surface area contributed by atoms with Crippen LogP contribution in [0.15, 0.2) is 30.3 Å². The fourth-order valence-corrected chi connectivity index (χ4v) is 3.03. The van der Waals surface area contributed by atoms with Crippen LogP contribution in [0, 0.1) is 5.92 Å². The lowest BCUT2D eigenvalue weighted by molar-refractivity contribution is -0.119. The van der Waals surface area contributed by atoms with Crippen molar-refractivity contribution in [2.45, 2.75) is 38.6 Å². The molecule has 1 aliphatic heterocycles. The minimum Gasteiger partial charge on any atom is -0.355 e. The first-order valence-corrected chi connectivity index (χ1v) is 7.28. The molecular weight excluding hydrogens is 274 g/mol. The number of likely N-dealkylation sites (tertiary alicyclic amines) is 1. The van der Waals surface area contributed by atoms with Crippen molar-refractivity contribution in [2.75, 3.05) is 13.2 Å². The lowest BCUT2D eigenvalue weighted by Crippen LogP contribution is -2.45. The summed E-state index contributed by atoms with van der Waals surface area (Å²) in [5.41, 5.74) is 1.02. The summed E-state index contributed by atoms with van der Waals surface area (Å²) in [5, 5.41) is 2.66. The first kappa shape index (κ1) is 15.9. The van der Waals surface area contributed by atoms with E-state index in [4.69, 9.17) is 0 Å². The van der Waals surface area contributed by atoms with Crippen molar-refractivity contribution in [3.8, 4) is 0 Å². The summed E-state index contributed by atoms with van der Waals surface area (Å²) in [6, 6.07) is 8.70. The molecule has 116 valence electrons. The van der Waals surface area contributed by atoms with Gasteiger partial charge in [0.1, 0.15) is 12.8 Å². The maximum atomic E-state index is 14.5. The van der Waals surface area contributed by atoms with Gasteiger partial charge in [-0.1, -0.05) is 37.3 Å². The maximum absolute atomic E-state index is 14.5. The molecule has 0 unspecified atom stereocenters. The molecule has 2 rings (SSSR count). The Hall–Kier alpha value is -1.49. The lowest BCUT2D eigenvalue weighted by Gasteiger charge is -2.29. The third-order valence-corrected chi connectivity index (χ3v) is 4.25. The predicted octanol–water partition coefficient (Wildman–Crippen LogP) is 2.32. The number of alkyl halides is 2. The highest BCUT2D eigenvalue weighted by Crippen LogP contribution is 2.34. The fourth-order valence-electron chi connectivity index (χ4n) is 3.03. The summed E-state index contributed by atoms with van der Waals surface area (Å²) >= 11 is 0. The van der Waals surface area contributed by atoms with E-state index in [1.165, 1.54) is 6.92 Å². The highest BCUT2D eigenvalue weighted by Gasteiger charge is 2.46. The zero-order valence-corrected chi connectivity index (χ0v) is 12.4. The minimum absolute atomic E-state index is 0.196. The van der Waals surface area contributed by atoms with Gasteiger partial charge in [0.2, 0.25) is 5.91 Å². The Kier molecular flexibility index (Phi) is 5.28. The number of carbonyl (C=O) groups is 1. The SMILES string of the molecule is CC(=O)NC[C@@H]1[C@H](F)[C@H](C)[C@@H](CF)N1Cc1ccccc1. The van der Waals surface area contributed by atoms with E-state index < -0.39 is 24.9 Å². The second-order valence-electron chi connectivity index (χ2n) is 5.69. The van der Waals surface area contributed by atoms with E-state index in [0.717, 1.165) is 5.56 Å². The molecule has 0 aliphatic carbocycles. The second kappa shape index (κ2) is 6.98. The van der Waals surface area contributed by atoms with Crippen LogP contribution in [0.4, 0.5) is 8.78 Å². The molecule has 0 saturated carbocycles. The molecule has 0 radical (unpaired) electrons. The Morgan fingerprint density at radius 3 is 2.52 bits per heavy atom. The van der Waals surface area contributed by atoms with Crippen LogP contribution in [0.3, 0.4) is 0 Å². The Labute approximate surface area is 124 Å². The average molecular weight is 296 g/mol. The number of hydrogen-bond acceptors (Lipinski definition) is 2. The fraction of sp³-hybridized carbons (Fsp3) is 0.562. The van der Waals surface area contributed by atoms with Crippen LogP contribution in [-0.4, -0.2) is 42.3 Å². The summed E-state index contributed by atoms with van der Waals surface area (Å²) in [4.78, 5) is 12.9. The monoisotopic (exact) mass is 296 g/mol. The number of halogens is 2. The number of amides is 1. The minimum atomic E-state index is -1.14. The third-order valence-electron chi connectivity index (χ3n) is 4.25. The molecule has 21 heavy (non-hydrogen) atoms. The van der Waals surface area contributed by atoms with Gasteiger partial charge in [-0.2, -0.15) is 0 Å². The van der Waals surface area contributed by atoms with Gasteiger partial charge in [0.05, 0.1) is 6.04 Å². The average Bonchev–Trinajstić information content (AvgIpc) is 2.69. The largest absolute Gasteiger partial charge is 0.355 e. The van der Waals surface area contributed by atoms with Gasteiger partial charge in [-0.05, 0) is 5.56 Å². The topological polar surface area (TPSA) is 32.3 Å². The van der Waals surface area contributed by atoms with Crippen molar-refractivity contribution < 1.29 is 13.6 Å². The van der Waals surface area contributed by atoms with Crippen LogP contribution in [0.1, 0.15) is 19.4 Å². The predicted molar refractivity (Wildman–Crippen MR) is 78.3 cm³/mol. The number of benzene rings is 1. The molecule has 5 heteroatoms. The normalized spacial score (nSPS) is 29.5. The summed E-state index contributed by atoms with van der Waals surface area (Å²) in [7, 11) is 0. The smallest absolute Gasteiger partial charge is 0.216 e. The summed E-state index contributed by atoms with van der Waals surface area (Å²) in [5.74, 6) is -0.573. The lowest BCUT2D eigenvalue weighted by atomic mass is 10.0. The van der Waals surface area contributed by atoms with Gasteiger partial charge in [-0.15, -0.1) is 0 Å². The Morgan fingerprint density at radius 1 is 1.29 bits per heavy atom. The van der Waals surface area contributed by atoms with Crippen LogP contribution in [0.25, 0.3) is 0 Å². The van der Waals surface area contributed by atoms with E-state index in [9.17, 15) is 13.6 Å². The van der Waals surface area contributed by atoms with E-state index >= 15 is 0 Å². The first-order valence-electron chi connectivity index (χ1n) is 7.28. The second-order valence-corrected chi connectivity index (χ2v) is 5.69. The van der Waals surface area contributed by atoms with Gasteiger partial charge in [0, 0.05) is 32.0 Å². The Balaban J connectivity index is 2.16. The maximum Gasteiger partial charge on any atom is 0.216 e. The number of rotatable bonds is 5. The van der Waals surface area contributed by atoms with E-state index in [2.05, 4.69) is 5.32 Å². The van der Waals surface area contributed by atoms with Crippen LogP contribution < -0.4 is 5.32 Å². The Morgan fingerprint density at radius 2 is 1.95 bits per heavy atom. The molecule has 4 atom stereocenters. The number of hydrogen-bond donors (Lipinski definition) is 1. The summed E-state index contributed by atoms with van der Waals surface area (Å²) in [6.45, 7) is 3.26. The first-order chi connectivity index (χ1) is 10.0. The molecule has 1 aromatic carbocycles. The van der Waals surface area contributed by atoms with Crippen molar-refractivity contribution in [1.29, 1.82) is 0 Å². The van der Waals surface area contributed by atoms with Crippen LogP contribution in [0.2, 0.25) is 0 Å². The van der Waals surface area contributed by atoms with Crippen molar-refractivity contribution >= 4 is 5.91 Å². The van der Waals surface area contributed by atoms with Crippen molar-refractivity contribution in [3.63, 3.8) is 0 Å². The van der Waals surface area contributed by atoms with Crippen molar-refractivity contribution in [3.05, 3.63) is 35.9 Å². The molecule has 0 spiro atoms. The molecule has 3 nitrogen and oxygen atoms in total. The molecule has 1 heterocycles. The molecular formula is C16H22F2N2O. The molecule has 1 aromatic rings. The quantitative estimate of drug-likeness (QED) is 0.904. The van der Waals surface area contributed by atoms with Gasteiger partial charge < -0.3 is 5.32 Å². The summed E-state index contributed by atoms with van der Waals surface area (Å²) < 4.78 is 27.8. The van der Waals surface area contributed by atoms with Crippen molar-refractivity contribution in [2.24, 2.45) is 5.92 Å². The summed E-state index contributed by atoms with van der Waals surface area (Å²) in [6.07, 6.45) is -1.14. The zero-order chi connectivity index (χ0) is 15.4. The van der Waals surface area contributed by atoms with Gasteiger partial charge >= 0.3 is 0 Å². The van der Waals surface area contributed by atoms with Gasteiger partial charge in [0.15, 0.2) is 0 Å². The molecule has 1 amide bonds. The van der Waals surface area contributed by atoms with Crippen molar-refractivity contribution in [1.82, 2.24) is 10.2 Å². The molecule has 0 bridgehead atoms. The number of nitrogens with zero attached hydrogens (tertiary/aromatic N) is 1. The molecule has 0 aromatic heterocycles. The Bertz CT molecular complexity index is 469. The highest BCUT2D eigenvalue weighted by molar-refractivity contribution is 5.72. The van der Waals surface area contributed by atoms with Gasteiger partial charge in [-0.3, -0.25) is 9.69 Å². The van der Waals surface area contributed by atoms with E-state index in [1.54, 1.807) is 6.92 Å². The number of carbonyl (C=O) groups excluding carboxylic acids is 1. The molecule has 1 aliphatic rings. The third kappa shape index (κ3) is 3.59. The van der Waals surface area contributed by atoms with E-state index in [1.807, 2.05) is 35.2 Å². The van der Waals surface area contributed by atoms with Gasteiger partial charge in [-0.25, -0.2) is 8.78 Å². The zero-order valence-electron chi connectivity index (χ0n) is 12.4. The van der Waals surface area contributed by atoms with Crippen LogP contribution in [0.5, 0.6) is 0 Å². The van der Waals surface area contributed by atoms with E-state index in [0.29, 0.717) is 6.54 Å². The molecule has 1 fully saturated rings. The molecule has 1 N–H and O–H groups in total. The van der Waals surface area contributed by atoms with E-state index in [-0.39, 0.29) is 18.4 Å². The van der Waals surface area contributed by atoms with Gasteiger partial charge in [0.25, 0.3) is 0 Å². The highest BCUT2D eigenvalue weighted by atomic mass is 19.1. The van der Waals surface area contributed by atoms with Crippen LogP contribution >= 0.6 is 0 Å².